The number of anilines is 3. The predicted molar refractivity (Wildman–Crippen MR) is 69.8 cm³/mol. The first-order valence-electron chi connectivity index (χ1n) is 5.54. The summed E-state index contributed by atoms with van der Waals surface area (Å²) in [7, 11) is 0. The third-order valence-electron chi connectivity index (χ3n) is 2.42. The van der Waals surface area contributed by atoms with E-state index in [-0.39, 0.29) is 17.1 Å². The van der Waals surface area contributed by atoms with Gasteiger partial charge in [-0.25, -0.2) is 18.0 Å². The zero-order valence-electron chi connectivity index (χ0n) is 10.1. The van der Waals surface area contributed by atoms with Gasteiger partial charge in [-0.3, -0.25) is 0 Å². The number of rotatable bonds is 2. The molecule has 7 heteroatoms. The Hall–Kier alpha value is -2.70. The van der Waals surface area contributed by atoms with E-state index in [1.165, 1.54) is 18.2 Å². The highest BCUT2D eigenvalue weighted by Gasteiger charge is 2.11. The van der Waals surface area contributed by atoms with Crippen LogP contribution in [0.3, 0.4) is 0 Å². The van der Waals surface area contributed by atoms with Crippen LogP contribution in [0.1, 0.15) is 0 Å². The zero-order chi connectivity index (χ0) is 14.7. The van der Waals surface area contributed by atoms with Crippen LogP contribution in [0.15, 0.2) is 36.4 Å². The largest absolute Gasteiger partial charge is 0.396 e. The van der Waals surface area contributed by atoms with E-state index in [9.17, 15) is 18.0 Å². The average Bonchev–Trinajstić information content (AvgIpc) is 2.36. The van der Waals surface area contributed by atoms with Gasteiger partial charge in [-0.1, -0.05) is 6.07 Å². The first-order valence-corrected chi connectivity index (χ1v) is 5.54. The van der Waals surface area contributed by atoms with Gasteiger partial charge in [0.1, 0.15) is 17.5 Å². The van der Waals surface area contributed by atoms with Gasteiger partial charge in [0.15, 0.2) is 0 Å². The van der Waals surface area contributed by atoms with Crippen LogP contribution < -0.4 is 16.4 Å². The zero-order valence-corrected chi connectivity index (χ0v) is 10.1. The SMILES string of the molecule is Nc1cc(NC(=O)Nc2cccc(F)c2)c(F)cc1F. The van der Waals surface area contributed by atoms with E-state index in [4.69, 9.17) is 5.73 Å². The quantitative estimate of drug-likeness (QED) is 0.739. The number of carbonyl (C=O) groups is 1. The fourth-order valence-electron chi connectivity index (χ4n) is 1.51. The summed E-state index contributed by atoms with van der Waals surface area (Å²) in [5, 5.41) is 4.45. The number of hydrogen-bond donors (Lipinski definition) is 3. The summed E-state index contributed by atoms with van der Waals surface area (Å²) >= 11 is 0. The fourth-order valence-corrected chi connectivity index (χ4v) is 1.51. The van der Waals surface area contributed by atoms with Crippen molar-refractivity contribution in [2.45, 2.75) is 0 Å². The minimum Gasteiger partial charge on any atom is -0.396 e. The Bertz CT molecular complexity index is 661. The van der Waals surface area contributed by atoms with Gasteiger partial charge in [0.2, 0.25) is 0 Å². The Morgan fingerprint density at radius 2 is 1.75 bits per heavy atom. The van der Waals surface area contributed by atoms with Crippen molar-refractivity contribution in [1.82, 2.24) is 0 Å². The number of benzene rings is 2. The highest BCUT2D eigenvalue weighted by molar-refractivity contribution is 6.00. The lowest BCUT2D eigenvalue weighted by molar-refractivity contribution is 0.262. The molecular formula is C13H10F3N3O. The molecule has 0 saturated heterocycles. The third-order valence-corrected chi connectivity index (χ3v) is 2.42. The van der Waals surface area contributed by atoms with Crippen LogP contribution in [0.25, 0.3) is 0 Å². The summed E-state index contributed by atoms with van der Waals surface area (Å²) < 4.78 is 39.3. The Balaban J connectivity index is 2.10. The van der Waals surface area contributed by atoms with Crippen molar-refractivity contribution >= 4 is 23.1 Å². The Morgan fingerprint density at radius 1 is 1.00 bits per heavy atom. The molecule has 0 unspecified atom stereocenters. The summed E-state index contributed by atoms with van der Waals surface area (Å²) in [4.78, 5) is 11.6. The van der Waals surface area contributed by atoms with Crippen LogP contribution in [0, 0.1) is 17.5 Å². The number of nitrogens with two attached hydrogens (primary N) is 1. The molecule has 20 heavy (non-hydrogen) atoms. The molecule has 0 saturated carbocycles. The smallest absolute Gasteiger partial charge is 0.323 e. The Kier molecular flexibility index (Phi) is 3.79. The molecule has 2 amide bonds. The maximum Gasteiger partial charge on any atom is 0.323 e. The van der Waals surface area contributed by atoms with Gasteiger partial charge in [-0.05, 0) is 24.3 Å². The second kappa shape index (κ2) is 5.52. The standard InChI is InChI=1S/C13H10F3N3O/c14-7-2-1-3-8(4-7)18-13(20)19-12-6-11(17)9(15)5-10(12)16/h1-6H,17H2,(H2,18,19,20). The van der Waals surface area contributed by atoms with Gasteiger partial charge < -0.3 is 16.4 Å². The number of carbonyl (C=O) groups excluding carboxylic acids is 1. The fraction of sp³-hybridized carbons (Fsp3) is 0. The molecule has 0 aromatic heterocycles. The normalized spacial score (nSPS) is 10.2. The van der Waals surface area contributed by atoms with Crippen LogP contribution in [0.4, 0.5) is 35.0 Å². The third kappa shape index (κ3) is 3.19. The topological polar surface area (TPSA) is 67.1 Å². The number of urea groups is 1. The van der Waals surface area contributed by atoms with E-state index in [0.717, 1.165) is 12.1 Å². The molecule has 0 aliphatic carbocycles. The molecule has 0 bridgehead atoms. The van der Waals surface area contributed by atoms with Crippen molar-refractivity contribution in [3.63, 3.8) is 0 Å². The molecule has 4 nitrogen and oxygen atoms in total. The second-order valence-corrected chi connectivity index (χ2v) is 3.94. The minimum atomic E-state index is -0.967. The summed E-state index contributed by atoms with van der Waals surface area (Å²) in [6, 6.07) is 5.88. The number of halogens is 3. The predicted octanol–water partition coefficient (Wildman–Crippen LogP) is 3.33. The van der Waals surface area contributed by atoms with Gasteiger partial charge >= 0.3 is 6.03 Å². The van der Waals surface area contributed by atoms with E-state index in [1.807, 2.05) is 0 Å². The molecule has 0 aliphatic rings. The molecule has 0 aliphatic heterocycles. The lowest BCUT2D eigenvalue weighted by atomic mass is 10.2. The molecule has 2 aromatic carbocycles. The molecule has 0 heterocycles. The van der Waals surface area contributed by atoms with E-state index < -0.39 is 23.5 Å². The van der Waals surface area contributed by atoms with Crippen molar-refractivity contribution < 1.29 is 18.0 Å². The molecule has 0 radical (unpaired) electrons. The highest BCUT2D eigenvalue weighted by atomic mass is 19.1. The van der Waals surface area contributed by atoms with Crippen LogP contribution in [0.5, 0.6) is 0 Å². The van der Waals surface area contributed by atoms with Gasteiger partial charge in [-0.2, -0.15) is 0 Å². The monoisotopic (exact) mass is 281 g/mol. The van der Waals surface area contributed by atoms with Crippen molar-refractivity contribution in [2.75, 3.05) is 16.4 Å². The molecule has 0 fully saturated rings. The minimum absolute atomic E-state index is 0.193. The lowest BCUT2D eigenvalue weighted by Crippen LogP contribution is -2.20. The Labute approximate surface area is 112 Å². The van der Waals surface area contributed by atoms with E-state index in [0.29, 0.717) is 6.07 Å². The molecule has 104 valence electrons. The van der Waals surface area contributed by atoms with Crippen LogP contribution >= 0.6 is 0 Å². The molecular weight excluding hydrogens is 271 g/mol. The van der Waals surface area contributed by atoms with Crippen LogP contribution in [-0.2, 0) is 0 Å². The Morgan fingerprint density at radius 3 is 2.45 bits per heavy atom. The van der Waals surface area contributed by atoms with Crippen LogP contribution in [-0.4, -0.2) is 6.03 Å². The van der Waals surface area contributed by atoms with Gasteiger partial charge in [0, 0.05) is 11.8 Å². The summed E-state index contributed by atoms with van der Waals surface area (Å²) in [5.41, 5.74) is 4.89. The van der Waals surface area contributed by atoms with Crippen molar-refractivity contribution in [3.05, 3.63) is 53.8 Å². The maximum absolute atomic E-state index is 13.4. The summed E-state index contributed by atoms with van der Waals surface area (Å²) in [5.74, 6) is -2.41. The van der Waals surface area contributed by atoms with Gasteiger partial charge in [0.05, 0.1) is 11.4 Å². The number of amides is 2. The van der Waals surface area contributed by atoms with E-state index in [2.05, 4.69) is 10.6 Å². The van der Waals surface area contributed by atoms with Crippen molar-refractivity contribution in [2.24, 2.45) is 0 Å². The van der Waals surface area contributed by atoms with E-state index >= 15 is 0 Å². The van der Waals surface area contributed by atoms with Crippen molar-refractivity contribution in [3.8, 4) is 0 Å². The maximum atomic E-state index is 13.4. The molecule has 2 aromatic rings. The van der Waals surface area contributed by atoms with Gasteiger partial charge in [0.25, 0.3) is 0 Å². The second-order valence-electron chi connectivity index (χ2n) is 3.94. The molecule has 4 N–H and O–H groups in total. The number of hydrogen-bond acceptors (Lipinski definition) is 2. The van der Waals surface area contributed by atoms with Crippen LogP contribution in [0.2, 0.25) is 0 Å². The summed E-state index contributed by atoms with van der Waals surface area (Å²) in [6.45, 7) is 0. The van der Waals surface area contributed by atoms with E-state index in [1.54, 1.807) is 0 Å². The number of nitrogen functional groups attached to an aromatic ring is 1. The van der Waals surface area contributed by atoms with Gasteiger partial charge in [-0.15, -0.1) is 0 Å². The summed E-state index contributed by atoms with van der Waals surface area (Å²) in [6.07, 6.45) is 0. The first-order chi connectivity index (χ1) is 9.45. The molecule has 0 spiro atoms. The molecule has 0 atom stereocenters. The number of nitrogens with one attached hydrogen (secondary N) is 2. The first kappa shape index (κ1) is 13.7. The van der Waals surface area contributed by atoms with Crippen molar-refractivity contribution in [1.29, 1.82) is 0 Å². The lowest BCUT2D eigenvalue weighted by Gasteiger charge is -2.09. The average molecular weight is 281 g/mol. The highest BCUT2D eigenvalue weighted by Crippen LogP contribution is 2.21. The molecule has 2 rings (SSSR count).